The summed E-state index contributed by atoms with van der Waals surface area (Å²) in [5.74, 6) is 0.919. The van der Waals surface area contributed by atoms with Crippen molar-refractivity contribution in [1.82, 2.24) is 5.32 Å². The van der Waals surface area contributed by atoms with Crippen LogP contribution in [0.1, 0.15) is 24.0 Å². The predicted molar refractivity (Wildman–Crippen MR) is 111 cm³/mol. The SMILES string of the molecule is COc1ccc(F)cc1C[NH+]1CC[NH+](CC(=O)NC[C@@H](C)c2ccccc2)CC1. The molecule has 1 saturated heterocycles. The van der Waals surface area contributed by atoms with E-state index in [0.717, 1.165) is 44.0 Å². The van der Waals surface area contributed by atoms with Crippen LogP contribution in [-0.2, 0) is 11.3 Å². The Morgan fingerprint density at radius 1 is 1.10 bits per heavy atom. The zero-order valence-electron chi connectivity index (χ0n) is 17.3. The van der Waals surface area contributed by atoms with Crippen LogP contribution in [0.4, 0.5) is 4.39 Å². The maximum atomic E-state index is 13.6. The lowest BCUT2D eigenvalue weighted by atomic mass is 10.0. The van der Waals surface area contributed by atoms with Crippen molar-refractivity contribution in [3.63, 3.8) is 0 Å². The van der Waals surface area contributed by atoms with Crippen LogP contribution in [0.5, 0.6) is 5.75 Å². The highest BCUT2D eigenvalue weighted by atomic mass is 19.1. The zero-order valence-corrected chi connectivity index (χ0v) is 17.3. The third kappa shape index (κ3) is 6.27. The fourth-order valence-electron chi connectivity index (χ4n) is 3.92. The van der Waals surface area contributed by atoms with Gasteiger partial charge in [-0.05, 0) is 29.7 Å². The van der Waals surface area contributed by atoms with Gasteiger partial charge in [0.1, 0.15) is 44.3 Å². The summed E-state index contributed by atoms with van der Waals surface area (Å²) < 4.78 is 18.9. The Labute approximate surface area is 172 Å². The first kappa shape index (κ1) is 21.3. The van der Waals surface area contributed by atoms with Crippen LogP contribution in [0.15, 0.2) is 48.5 Å². The molecule has 0 aliphatic carbocycles. The van der Waals surface area contributed by atoms with Gasteiger partial charge in [0, 0.05) is 6.54 Å². The molecule has 0 radical (unpaired) electrons. The molecule has 1 amide bonds. The summed E-state index contributed by atoms with van der Waals surface area (Å²) in [6.45, 7) is 7.85. The molecule has 1 aliphatic rings. The summed E-state index contributed by atoms with van der Waals surface area (Å²) in [5, 5.41) is 3.08. The van der Waals surface area contributed by atoms with Crippen LogP contribution >= 0.6 is 0 Å². The zero-order chi connectivity index (χ0) is 20.6. The highest BCUT2D eigenvalue weighted by Crippen LogP contribution is 2.18. The van der Waals surface area contributed by atoms with Gasteiger partial charge in [0.2, 0.25) is 0 Å². The Morgan fingerprint density at radius 3 is 2.48 bits per heavy atom. The number of nitrogens with one attached hydrogen (secondary N) is 3. The first-order valence-corrected chi connectivity index (χ1v) is 10.4. The molecule has 0 spiro atoms. The minimum atomic E-state index is -0.231. The fraction of sp³-hybridized carbons (Fsp3) is 0.435. The molecule has 1 aliphatic heterocycles. The summed E-state index contributed by atoms with van der Waals surface area (Å²) in [6, 6.07) is 14.9. The Hall–Kier alpha value is -2.44. The second-order valence-corrected chi connectivity index (χ2v) is 7.93. The van der Waals surface area contributed by atoms with Crippen LogP contribution in [0, 0.1) is 5.82 Å². The van der Waals surface area contributed by atoms with Gasteiger partial charge in [0.05, 0.1) is 12.7 Å². The van der Waals surface area contributed by atoms with Gasteiger partial charge in [-0.1, -0.05) is 37.3 Å². The van der Waals surface area contributed by atoms with E-state index in [1.54, 1.807) is 19.2 Å². The average molecular weight is 402 g/mol. The molecule has 1 atom stereocenters. The third-order valence-electron chi connectivity index (χ3n) is 5.73. The van der Waals surface area contributed by atoms with Crippen LogP contribution in [0.2, 0.25) is 0 Å². The molecule has 0 aromatic heterocycles. The lowest BCUT2D eigenvalue weighted by Crippen LogP contribution is -3.28. The van der Waals surface area contributed by atoms with Gasteiger partial charge in [-0.15, -0.1) is 0 Å². The van der Waals surface area contributed by atoms with Crippen LogP contribution in [-0.4, -0.2) is 52.3 Å². The summed E-state index contributed by atoms with van der Waals surface area (Å²) in [7, 11) is 1.62. The van der Waals surface area contributed by atoms with Gasteiger partial charge < -0.3 is 19.9 Å². The fourth-order valence-corrected chi connectivity index (χ4v) is 3.92. The van der Waals surface area contributed by atoms with Crippen molar-refractivity contribution in [2.24, 2.45) is 0 Å². The summed E-state index contributed by atoms with van der Waals surface area (Å²) >= 11 is 0. The number of halogens is 1. The molecule has 0 saturated carbocycles. The van der Waals surface area contributed by atoms with Crippen molar-refractivity contribution in [3.05, 3.63) is 65.5 Å². The first-order chi connectivity index (χ1) is 14.0. The molecule has 2 aromatic rings. The number of rotatable bonds is 8. The van der Waals surface area contributed by atoms with Gasteiger partial charge in [0.25, 0.3) is 5.91 Å². The number of carbonyl (C=O) groups excluding carboxylic acids is 1. The monoisotopic (exact) mass is 401 g/mol. The lowest BCUT2D eigenvalue weighted by Gasteiger charge is -2.29. The third-order valence-corrected chi connectivity index (χ3v) is 5.73. The van der Waals surface area contributed by atoms with Crippen molar-refractivity contribution < 1.29 is 23.7 Å². The molecule has 156 valence electrons. The molecular formula is C23H32FN3O2+2. The van der Waals surface area contributed by atoms with Crippen LogP contribution in [0.3, 0.4) is 0 Å². The standard InChI is InChI=1S/C23H30FN3O2/c1-18(19-6-4-3-5-7-19)15-25-23(28)17-27-12-10-26(11-13-27)16-20-14-21(24)8-9-22(20)29-2/h3-9,14,18H,10-13,15-17H2,1-2H3,(H,25,28)/p+2/t18-/m1/s1. The van der Waals surface area contributed by atoms with Crippen LogP contribution < -0.4 is 19.9 Å². The molecular weight excluding hydrogens is 369 g/mol. The van der Waals surface area contributed by atoms with E-state index < -0.39 is 0 Å². The maximum Gasteiger partial charge on any atom is 0.275 e. The van der Waals surface area contributed by atoms with Crippen LogP contribution in [0.25, 0.3) is 0 Å². The predicted octanol–water partition coefficient (Wildman–Crippen LogP) is 0.0376. The molecule has 2 aromatic carbocycles. The molecule has 29 heavy (non-hydrogen) atoms. The van der Waals surface area contributed by atoms with E-state index in [-0.39, 0.29) is 11.7 Å². The molecule has 3 rings (SSSR count). The molecule has 1 heterocycles. The number of hydrogen-bond donors (Lipinski definition) is 3. The van der Waals surface area contributed by atoms with Gasteiger partial charge >= 0.3 is 0 Å². The van der Waals surface area contributed by atoms with E-state index in [9.17, 15) is 9.18 Å². The summed E-state index contributed by atoms with van der Waals surface area (Å²) in [4.78, 5) is 15.1. The van der Waals surface area contributed by atoms with Crippen molar-refractivity contribution in [1.29, 1.82) is 0 Å². The number of hydrogen-bond acceptors (Lipinski definition) is 2. The highest BCUT2D eigenvalue weighted by molar-refractivity contribution is 5.76. The number of methoxy groups -OCH3 is 1. The van der Waals surface area contributed by atoms with E-state index in [4.69, 9.17) is 4.74 Å². The molecule has 6 heteroatoms. The number of quaternary nitrogens is 2. The number of piperazine rings is 1. The summed E-state index contributed by atoms with van der Waals surface area (Å²) in [5.41, 5.74) is 2.14. The highest BCUT2D eigenvalue weighted by Gasteiger charge is 2.25. The Morgan fingerprint density at radius 2 is 1.79 bits per heavy atom. The Balaban J connectivity index is 1.40. The molecule has 1 fully saturated rings. The van der Waals surface area contributed by atoms with E-state index >= 15 is 0 Å². The Kier molecular flexibility index (Phi) is 7.61. The normalized spacial score (nSPS) is 20.1. The lowest BCUT2D eigenvalue weighted by molar-refractivity contribution is -1.02. The molecule has 0 unspecified atom stereocenters. The van der Waals surface area contributed by atoms with Gasteiger partial charge in [0.15, 0.2) is 6.54 Å². The van der Waals surface area contributed by atoms with Crippen molar-refractivity contribution >= 4 is 5.91 Å². The van der Waals surface area contributed by atoms with E-state index in [1.165, 1.54) is 21.4 Å². The smallest absolute Gasteiger partial charge is 0.275 e. The van der Waals surface area contributed by atoms with Crippen molar-refractivity contribution in [2.45, 2.75) is 19.4 Å². The molecule has 0 bridgehead atoms. The largest absolute Gasteiger partial charge is 0.496 e. The number of ether oxygens (including phenoxy) is 1. The minimum Gasteiger partial charge on any atom is -0.496 e. The topological polar surface area (TPSA) is 47.2 Å². The van der Waals surface area contributed by atoms with E-state index in [0.29, 0.717) is 19.0 Å². The molecule has 3 N–H and O–H groups in total. The number of amides is 1. The molecule has 5 nitrogen and oxygen atoms in total. The average Bonchev–Trinajstić information content (AvgIpc) is 2.74. The van der Waals surface area contributed by atoms with E-state index in [1.807, 2.05) is 18.2 Å². The first-order valence-electron chi connectivity index (χ1n) is 10.4. The second kappa shape index (κ2) is 10.4. The number of carbonyl (C=O) groups is 1. The minimum absolute atomic E-state index is 0.109. The quantitative estimate of drug-likeness (QED) is 0.585. The van der Waals surface area contributed by atoms with Crippen molar-refractivity contribution in [3.8, 4) is 5.75 Å². The second-order valence-electron chi connectivity index (χ2n) is 7.93. The van der Waals surface area contributed by atoms with Crippen molar-refractivity contribution in [2.75, 3.05) is 46.4 Å². The van der Waals surface area contributed by atoms with Gasteiger partial charge in [-0.2, -0.15) is 0 Å². The summed E-state index contributed by atoms with van der Waals surface area (Å²) in [6.07, 6.45) is 0. The van der Waals surface area contributed by atoms with Gasteiger partial charge in [-0.3, -0.25) is 4.79 Å². The number of benzene rings is 2. The van der Waals surface area contributed by atoms with Gasteiger partial charge in [-0.25, -0.2) is 4.39 Å². The van der Waals surface area contributed by atoms with E-state index in [2.05, 4.69) is 24.4 Å². The Bertz CT molecular complexity index is 792. The maximum absolute atomic E-state index is 13.6.